The molecule has 0 saturated carbocycles. The highest BCUT2D eigenvalue weighted by molar-refractivity contribution is 6.09. The van der Waals surface area contributed by atoms with Gasteiger partial charge in [-0.2, -0.15) is 0 Å². The molecule has 1 aromatic heterocycles. The molecule has 6 heteroatoms. The van der Waals surface area contributed by atoms with Crippen molar-refractivity contribution in [3.63, 3.8) is 0 Å². The van der Waals surface area contributed by atoms with Crippen molar-refractivity contribution in [1.82, 2.24) is 9.88 Å². The van der Waals surface area contributed by atoms with E-state index in [1.165, 1.54) is 0 Å². The van der Waals surface area contributed by atoms with Gasteiger partial charge < -0.3 is 15.0 Å². The van der Waals surface area contributed by atoms with Crippen LogP contribution in [0.2, 0.25) is 0 Å². The molecule has 30 heavy (non-hydrogen) atoms. The minimum absolute atomic E-state index is 0.0159. The Bertz CT molecular complexity index is 1110. The first-order chi connectivity index (χ1) is 14.6. The van der Waals surface area contributed by atoms with E-state index in [0.717, 1.165) is 41.4 Å². The van der Waals surface area contributed by atoms with Crippen molar-refractivity contribution in [3.8, 4) is 5.75 Å². The Morgan fingerprint density at radius 2 is 1.97 bits per heavy atom. The van der Waals surface area contributed by atoms with Gasteiger partial charge in [-0.25, -0.2) is 0 Å². The van der Waals surface area contributed by atoms with E-state index in [1.54, 1.807) is 24.1 Å². The molecule has 1 N–H and O–H groups in total. The van der Waals surface area contributed by atoms with Gasteiger partial charge in [-0.1, -0.05) is 24.3 Å². The second-order valence-corrected chi connectivity index (χ2v) is 7.38. The zero-order valence-corrected chi connectivity index (χ0v) is 17.3. The summed E-state index contributed by atoms with van der Waals surface area (Å²) in [6.07, 6.45) is 2.74. The lowest BCUT2D eigenvalue weighted by atomic mass is 10.00. The van der Waals surface area contributed by atoms with E-state index < -0.39 is 0 Å². The fourth-order valence-corrected chi connectivity index (χ4v) is 4.02. The van der Waals surface area contributed by atoms with Crippen molar-refractivity contribution in [2.75, 3.05) is 25.5 Å². The van der Waals surface area contributed by atoms with E-state index in [-0.39, 0.29) is 18.4 Å². The third-order valence-electron chi connectivity index (χ3n) is 5.49. The summed E-state index contributed by atoms with van der Waals surface area (Å²) in [7, 11) is 1.58. The van der Waals surface area contributed by atoms with Crippen LogP contribution in [0.1, 0.15) is 35.0 Å². The molecule has 0 spiro atoms. The third-order valence-corrected chi connectivity index (χ3v) is 5.49. The number of nitrogens with one attached hydrogen (secondary N) is 1. The predicted octanol–water partition coefficient (Wildman–Crippen LogP) is 3.83. The Labute approximate surface area is 175 Å². The molecule has 1 aliphatic carbocycles. The maximum absolute atomic E-state index is 13.5. The Balaban J connectivity index is 1.60. The van der Waals surface area contributed by atoms with E-state index in [0.29, 0.717) is 23.5 Å². The molecule has 3 aromatic rings. The van der Waals surface area contributed by atoms with Gasteiger partial charge in [-0.3, -0.25) is 14.6 Å². The molecular formula is C24H25N3O3. The van der Waals surface area contributed by atoms with E-state index >= 15 is 0 Å². The molecule has 0 saturated heterocycles. The monoisotopic (exact) mass is 403 g/mol. The van der Waals surface area contributed by atoms with Crippen LogP contribution >= 0.6 is 0 Å². The topological polar surface area (TPSA) is 71.5 Å². The van der Waals surface area contributed by atoms with Gasteiger partial charge in [0.2, 0.25) is 5.91 Å². The van der Waals surface area contributed by atoms with Crippen LogP contribution in [0.25, 0.3) is 10.9 Å². The van der Waals surface area contributed by atoms with Crippen molar-refractivity contribution in [3.05, 3.63) is 65.4 Å². The molecule has 0 unspecified atom stereocenters. The molecular weight excluding hydrogens is 378 g/mol. The molecule has 0 aliphatic heterocycles. The number of hydrogen-bond donors (Lipinski definition) is 1. The molecule has 4 rings (SSSR count). The highest BCUT2D eigenvalue weighted by atomic mass is 16.5. The maximum Gasteiger partial charge on any atom is 0.255 e. The number of methoxy groups -OCH3 is 1. The van der Waals surface area contributed by atoms with Gasteiger partial charge in [0.15, 0.2) is 0 Å². The van der Waals surface area contributed by atoms with Crippen LogP contribution in [-0.2, 0) is 17.6 Å². The summed E-state index contributed by atoms with van der Waals surface area (Å²) in [6.45, 7) is 2.31. The first-order valence-corrected chi connectivity index (χ1v) is 10.2. The molecule has 0 bridgehead atoms. The van der Waals surface area contributed by atoms with Crippen molar-refractivity contribution in [2.24, 2.45) is 0 Å². The molecule has 2 amide bonds. The maximum atomic E-state index is 13.5. The number of carbonyl (C=O) groups is 2. The minimum Gasteiger partial charge on any atom is -0.497 e. The van der Waals surface area contributed by atoms with Crippen LogP contribution in [0.3, 0.4) is 0 Å². The average Bonchev–Trinajstić information content (AvgIpc) is 3.23. The van der Waals surface area contributed by atoms with Gasteiger partial charge in [0.1, 0.15) is 12.3 Å². The number of nitrogens with zero attached hydrogens (tertiary/aromatic N) is 2. The standard InChI is InChI=1S/C24H25N3O3/c1-3-27(15-22(28)25-16-8-6-9-17(14-16)30-2)24(29)23-18-10-4-5-12-20(18)26-21-13-7-11-19(21)23/h4-6,8-10,12,14H,3,7,11,13,15H2,1-2H3,(H,25,28). The van der Waals surface area contributed by atoms with Crippen LogP contribution in [0, 0.1) is 0 Å². The lowest BCUT2D eigenvalue weighted by molar-refractivity contribution is -0.116. The Morgan fingerprint density at radius 3 is 2.77 bits per heavy atom. The molecule has 0 atom stereocenters. The van der Waals surface area contributed by atoms with Gasteiger partial charge >= 0.3 is 0 Å². The summed E-state index contributed by atoms with van der Waals surface area (Å²) < 4.78 is 5.20. The molecule has 154 valence electrons. The zero-order chi connectivity index (χ0) is 21.1. The van der Waals surface area contributed by atoms with Gasteiger partial charge in [-0.15, -0.1) is 0 Å². The highest BCUT2D eigenvalue weighted by Crippen LogP contribution is 2.31. The minimum atomic E-state index is -0.242. The number of pyridine rings is 1. The lowest BCUT2D eigenvalue weighted by Gasteiger charge is -2.23. The quantitative estimate of drug-likeness (QED) is 0.679. The van der Waals surface area contributed by atoms with Gasteiger partial charge in [-0.05, 0) is 49.9 Å². The van der Waals surface area contributed by atoms with Crippen LogP contribution in [0.4, 0.5) is 5.69 Å². The van der Waals surface area contributed by atoms with Crippen molar-refractivity contribution < 1.29 is 14.3 Å². The Morgan fingerprint density at radius 1 is 1.13 bits per heavy atom. The number of benzene rings is 2. The van der Waals surface area contributed by atoms with E-state index in [2.05, 4.69) is 5.32 Å². The number of aryl methyl sites for hydroxylation is 1. The lowest BCUT2D eigenvalue weighted by Crippen LogP contribution is -2.38. The van der Waals surface area contributed by atoms with Crippen LogP contribution in [0.5, 0.6) is 5.75 Å². The van der Waals surface area contributed by atoms with Gasteiger partial charge in [0, 0.05) is 29.4 Å². The second-order valence-electron chi connectivity index (χ2n) is 7.38. The van der Waals surface area contributed by atoms with Crippen molar-refractivity contribution in [2.45, 2.75) is 26.2 Å². The molecule has 0 fully saturated rings. The Kier molecular flexibility index (Phi) is 5.65. The molecule has 0 radical (unpaired) electrons. The smallest absolute Gasteiger partial charge is 0.255 e. The first kappa shape index (κ1) is 19.9. The SMILES string of the molecule is CCN(CC(=O)Nc1cccc(OC)c1)C(=O)c1c2c(nc3ccccc13)CCC2. The number of hydrogen-bond acceptors (Lipinski definition) is 4. The van der Waals surface area contributed by atoms with E-state index in [1.807, 2.05) is 43.3 Å². The fourth-order valence-electron chi connectivity index (χ4n) is 4.02. The van der Waals surface area contributed by atoms with Crippen LogP contribution in [-0.4, -0.2) is 41.9 Å². The second kappa shape index (κ2) is 8.53. The number of anilines is 1. The summed E-state index contributed by atoms with van der Waals surface area (Å²) in [5.74, 6) is 0.304. The van der Waals surface area contributed by atoms with Gasteiger partial charge in [0.05, 0.1) is 18.2 Å². The summed E-state index contributed by atoms with van der Waals surface area (Å²) in [6, 6.07) is 14.9. The van der Waals surface area contributed by atoms with Crippen molar-refractivity contribution in [1.29, 1.82) is 0 Å². The number of para-hydroxylation sites is 1. The summed E-state index contributed by atoms with van der Waals surface area (Å²) in [5.41, 5.74) is 4.21. The van der Waals surface area contributed by atoms with E-state index in [4.69, 9.17) is 9.72 Å². The molecule has 1 heterocycles. The number of ether oxygens (including phenoxy) is 1. The average molecular weight is 403 g/mol. The summed E-state index contributed by atoms with van der Waals surface area (Å²) in [5, 5.41) is 3.71. The number of likely N-dealkylation sites (N-methyl/N-ethyl adjacent to an activating group) is 1. The number of amides is 2. The molecule has 1 aliphatic rings. The zero-order valence-electron chi connectivity index (χ0n) is 17.3. The first-order valence-electron chi connectivity index (χ1n) is 10.2. The number of aromatic nitrogens is 1. The summed E-state index contributed by atoms with van der Waals surface area (Å²) >= 11 is 0. The Hall–Kier alpha value is -3.41. The normalized spacial score (nSPS) is 12.5. The number of rotatable bonds is 6. The van der Waals surface area contributed by atoms with Crippen molar-refractivity contribution >= 4 is 28.4 Å². The fraction of sp³-hybridized carbons (Fsp3) is 0.292. The predicted molar refractivity (Wildman–Crippen MR) is 117 cm³/mol. The molecule has 6 nitrogen and oxygen atoms in total. The third kappa shape index (κ3) is 3.85. The highest BCUT2D eigenvalue weighted by Gasteiger charge is 2.27. The summed E-state index contributed by atoms with van der Waals surface area (Å²) in [4.78, 5) is 32.5. The van der Waals surface area contributed by atoms with Crippen LogP contribution in [0.15, 0.2) is 48.5 Å². The van der Waals surface area contributed by atoms with E-state index in [9.17, 15) is 9.59 Å². The number of fused-ring (bicyclic) bond motifs is 2. The van der Waals surface area contributed by atoms with Gasteiger partial charge in [0.25, 0.3) is 5.91 Å². The number of carbonyl (C=O) groups excluding carboxylic acids is 2. The molecule has 2 aromatic carbocycles. The largest absolute Gasteiger partial charge is 0.497 e. The van der Waals surface area contributed by atoms with Crippen LogP contribution < -0.4 is 10.1 Å².